The third-order valence-electron chi connectivity index (χ3n) is 3.63. The van der Waals surface area contributed by atoms with E-state index in [9.17, 15) is 4.79 Å². The van der Waals surface area contributed by atoms with Crippen LogP contribution >= 0.6 is 11.3 Å². The number of hydrogen-bond donors (Lipinski definition) is 1. The first-order valence-corrected chi connectivity index (χ1v) is 8.47. The lowest BCUT2D eigenvalue weighted by Gasteiger charge is -2.10. The van der Waals surface area contributed by atoms with Gasteiger partial charge in [0.25, 0.3) is 5.91 Å². The minimum atomic E-state index is -0.0823. The van der Waals surface area contributed by atoms with Crippen molar-refractivity contribution < 1.29 is 9.53 Å². The van der Waals surface area contributed by atoms with Gasteiger partial charge in [0, 0.05) is 37.9 Å². The Labute approximate surface area is 141 Å². The molecule has 0 aliphatic rings. The average molecular weight is 333 g/mol. The van der Waals surface area contributed by atoms with E-state index in [4.69, 9.17) is 4.74 Å². The second kappa shape index (κ2) is 8.08. The van der Waals surface area contributed by atoms with Gasteiger partial charge in [0.05, 0.1) is 22.0 Å². The summed E-state index contributed by atoms with van der Waals surface area (Å²) in [5.74, 6) is -0.0823. The monoisotopic (exact) mass is 333 g/mol. The highest BCUT2D eigenvalue weighted by atomic mass is 32.1. The smallest absolute Gasteiger partial charge is 0.253 e. The van der Waals surface area contributed by atoms with Crippen LogP contribution in [0.25, 0.3) is 11.4 Å². The van der Waals surface area contributed by atoms with Gasteiger partial charge in [0.15, 0.2) is 0 Å². The van der Waals surface area contributed by atoms with Crippen LogP contribution in [0.3, 0.4) is 0 Å². The van der Waals surface area contributed by atoms with Crippen LogP contribution in [0.1, 0.15) is 27.5 Å². The highest BCUT2D eigenvalue weighted by Crippen LogP contribution is 2.27. The molecule has 0 saturated heterocycles. The maximum Gasteiger partial charge on any atom is 0.253 e. The van der Waals surface area contributed by atoms with Crippen molar-refractivity contribution in [2.24, 2.45) is 0 Å². The minimum absolute atomic E-state index is 0.0823. The van der Waals surface area contributed by atoms with Crippen LogP contribution in [0.15, 0.2) is 24.1 Å². The summed E-state index contributed by atoms with van der Waals surface area (Å²) in [6.45, 7) is 9.52. The molecule has 0 atom stereocenters. The first kappa shape index (κ1) is 17.4. The molecule has 0 fully saturated rings. The van der Waals surface area contributed by atoms with Crippen LogP contribution in [0.4, 0.5) is 0 Å². The average Bonchev–Trinajstić information content (AvgIpc) is 3.10. The second-order valence-corrected chi connectivity index (χ2v) is 6.34. The molecule has 2 rings (SSSR count). The number of amides is 1. The maximum atomic E-state index is 12.3. The Morgan fingerprint density at radius 3 is 2.91 bits per heavy atom. The fourth-order valence-electron chi connectivity index (χ4n) is 2.48. The molecule has 5 nitrogen and oxygen atoms in total. The number of aryl methyl sites for hydroxylation is 1. The molecular formula is C17H23N3O2S. The van der Waals surface area contributed by atoms with E-state index in [0.29, 0.717) is 18.7 Å². The Balaban J connectivity index is 2.37. The third-order valence-corrected chi connectivity index (χ3v) is 4.40. The minimum Gasteiger partial charge on any atom is -0.385 e. The summed E-state index contributed by atoms with van der Waals surface area (Å²) in [6, 6.07) is 1.93. The van der Waals surface area contributed by atoms with Gasteiger partial charge >= 0.3 is 0 Å². The number of methoxy groups -OCH3 is 1. The molecule has 2 aromatic heterocycles. The van der Waals surface area contributed by atoms with E-state index in [1.807, 2.05) is 25.3 Å². The maximum absolute atomic E-state index is 12.3. The Bertz CT molecular complexity index is 688. The summed E-state index contributed by atoms with van der Waals surface area (Å²) in [5, 5.41) is 5.89. The lowest BCUT2D eigenvalue weighted by molar-refractivity contribution is 0.0957. The number of hydrogen-bond acceptors (Lipinski definition) is 4. The lowest BCUT2D eigenvalue weighted by Crippen LogP contribution is -2.23. The number of nitrogens with one attached hydrogen (secondary N) is 1. The summed E-state index contributed by atoms with van der Waals surface area (Å²) in [6.07, 6.45) is 2.56. The van der Waals surface area contributed by atoms with E-state index < -0.39 is 0 Å². The number of nitrogens with zero attached hydrogens (tertiary/aromatic N) is 2. The standard InChI is InChI=1S/C17H23N3O2S/c1-5-7-18-17(21)14-10-16(15-11-23-13(3)19-15)20(12(14)2)8-6-9-22-4/h5,10-11H,1,6-9H2,2-4H3,(H,18,21). The number of carbonyl (C=O) groups excluding carboxylic acids is 1. The normalized spacial score (nSPS) is 10.7. The molecule has 2 heterocycles. The first-order chi connectivity index (χ1) is 11.1. The summed E-state index contributed by atoms with van der Waals surface area (Å²) in [4.78, 5) is 16.9. The number of carbonyl (C=O) groups is 1. The SMILES string of the molecule is C=CCNC(=O)c1cc(-c2csc(C)n2)n(CCCOC)c1C. The second-order valence-electron chi connectivity index (χ2n) is 5.28. The Morgan fingerprint density at radius 1 is 1.52 bits per heavy atom. The molecule has 0 spiro atoms. The van der Waals surface area contributed by atoms with Gasteiger partial charge in [-0.3, -0.25) is 4.79 Å². The van der Waals surface area contributed by atoms with Crippen molar-refractivity contribution in [1.82, 2.24) is 14.9 Å². The predicted molar refractivity (Wildman–Crippen MR) is 94.0 cm³/mol. The zero-order valence-corrected chi connectivity index (χ0v) is 14.7. The molecular weight excluding hydrogens is 310 g/mol. The van der Waals surface area contributed by atoms with Gasteiger partial charge in [-0.05, 0) is 26.3 Å². The van der Waals surface area contributed by atoms with Crippen molar-refractivity contribution in [3.05, 3.63) is 40.4 Å². The highest BCUT2D eigenvalue weighted by Gasteiger charge is 2.19. The van der Waals surface area contributed by atoms with Crippen molar-refractivity contribution in [2.45, 2.75) is 26.8 Å². The summed E-state index contributed by atoms with van der Waals surface area (Å²) < 4.78 is 7.29. The van der Waals surface area contributed by atoms with E-state index in [2.05, 4.69) is 21.4 Å². The van der Waals surface area contributed by atoms with Gasteiger partial charge in [-0.15, -0.1) is 17.9 Å². The molecule has 0 aliphatic carbocycles. The van der Waals surface area contributed by atoms with Crippen molar-refractivity contribution >= 4 is 17.2 Å². The fraction of sp³-hybridized carbons (Fsp3) is 0.412. The molecule has 0 aliphatic heterocycles. The first-order valence-electron chi connectivity index (χ1n) is 7.59. The van der Waals surface area contributed by atoms with Gasteiger partial charge in [0.2, 0.25) is 0 Å². The summed E-state index contributed by atoms with van der Waals surface area (Å²) in [5.41, 5.74) is 3.52. The zero-order chi connectivity index (χ0) is 16.8. The molecule has 1 amide bonds. The van der Waals surface area contributed by atoms with Crippen LogP contribution in [0, 0.1) is 13.8 Å². The van der Waals surface area contributed by atoms with E-state index >= 15 is 0 Å². The molecule has 0 radical (unpaired) electrons. The van der Waals surface area contributed by atoms with Gasteiger partial charge in [-0.1, -0.05) is 6.08 Å². The van der Waals surface area contributed by atoms with E-state index in [1.54, 1.807) is 24.5 Å². The molecule has 23 heavy (non-hydrogen) atoms. The van der Waals surface area contributed by atoms with Gasteiger partial charge in [-0.25, -0.2) is 4.98 Å². The molecule has 1 N–H and O–H groups in total. The molecule has 0 saturated carbocycles. The van der Waals surface area contributed by atoms with Gasteiger partial charge in [0.1, 0.15) is 0 Å². The number of rotatable bonds is 8. The molecule has 6 heteroatoms. The largest absolute Gasteiger partial charge is 0.385 e. The molecule has 0 unspecified atom stereocenters. The molecule has 0 bridgehead atoms. The van der Waals surface area contributed by atoms with Crippen molar-refractivity contribution in [3.8, 4) is 11.4 Å². The van der Waals surface area contributed by atoms with Crippen LogP contribution in [0.2, 0.25) is 0 Å². The van der Waals surface area contributed by atoms with E-state index in [0.717, 1.165) is 35.1 Å². The van der Waals surface area contributed by atoms with Crippen LogP contribution in [-0.2, 0) is 11.3 Å². The predicted octanol–water partition coefficient (Wildman–Crippen LogP) is 3.18. The summed E-state index contributed by atoms with van der Waals surface area (Å²) in [7, 11) is 1.70. The fourth-order valence-corrected chi connectivity index (χ4v) is 3.09. The van der Waals surface area contributed by atoms with Crippen LogP contribution in [-0.4, -0.2) is 35.7 Å². The Kier molecular flexibility index (Phi) is 6.12. The Morgan fingerprint density at radius 2 is 2.30 bits per heavy atom. The Hall–Kier alpha value is -1.92. The van der Waals surface area contributed by atoms with Crippen molar-refractivity contribution in [2.75, 3.05) is 20.3 Å². The summed E-state index contributed by atoms with van der Waals surface area (Å²) >= 11 is 1.61. The number of ether oxygens (including phenoxy) is 1. The zero-order valence-electron chi connectivity index (χ0n) is 13.9. The highest BCUT2D eigenvalue weighted by molar-refractivity contribution is 7.09. The van der Waals surface area contributed by atoms with Crippen molar-refractivity contribution in [1.29, 1.82) is 0 Å². The van der Waals surface area contributed by atoms with Crippen molar-refractivity contribution in [3.63, 3.8) is 0 Å². The van der Waals surface area contributed by atoms with Crippen LogP contribution in [0.5, 0.6) is 0 Å². The van der Waals surface area contributed by atoms with Gasteiger partial charge in [-0.2, -0.15) is 0 Å². The molecule has 2 aromatic rings. The van der Waals surface area contributed by atoms with E-state index in [-0.39, 0.29) is 5.91 Å². The van der Waals surface area contributed by atoms with Gasteiger partial charge < -0.3 is 14.6 Å². The number of thiazole rings is 1. The number of aromatic nitrogens is 2. The van der Waals surface area contributed by atoms with Crippen LogP contribution < -0.4 is 5.32 Å². The lowest BCUT2D eigenvalue weighted by atomic mass is 10.2. The topological polar surface area (TPSA) is 56.2 Å². The molecule has 124 valence electrons. The molecule has 0 aromatic carbocycles. The quantitative estimate of drug-likeness (QED) is 0.596. The third kappa shape index (κ3) is 4.09. The van der Waals surface area contributed by atoms with E-state index in [1.165, 1.54) is 0 Å².